The van der Waals surface area contributed by atoms with Gasteiger partial charge in [0.15, 0.2) is 6.10 Å². The van der Waals surface area contributed by atoms with Crippen molar-refractivity contribution in [2.45, 2.75) is 322 Å². The number of allylic oxidation sites excluding steroid dienone is 22. The summed E-state index contributed by atoms with van der Waals surface area (Å²) in [6.45, 7) is 6.35. The molecule has 0 aliphatic heterocycles. The van der Waals surface area contributed by atoms with Gasteiger partial charge in [-0.2, -0.15) is 0 Å². The maximum Gasteiger partial charge on any atom is 0.306 e. The summed E-state index contributed by atoms with van der Waals surface area (Å²) in [7, 11) is 0. The number of ether oxygens (including phenoxy) is 3. The Kier molecular flexibility index (Phi) is 66.3. The van der Waals surface area contributed by atoms with Gasteiger partial charge in [-0.1, -0.05) is 309 Å². The van der Waals surface area contributed by atoms with Gasteiger partial charge in [-0.25, -0.2) is 0 Å². The van der Waals surface area contributed by atoms with E-state index in [2.05, 4.69) is 148 Å². The fourth-order valence-corrected chi connectivity index (χ4v) is 9.52. The smallest absolute Gasteiger partial charge is 0.306 e. The van der Waals surface area contributed by atoms with Crippen LogP contribution in [0.15, 0.2) is 134 Å². The van der Waals surface area contributed by atoms with Gasteiger partial charge >= 0.3 is 17.9 Å². The monoisotopic (exact) mass is 1150 g/mol. The SMILES string of the molecule is CC/C=C\C/C=C\C/C=C\C/C=C\C/C=C\C/C=C\CCC(=O)OC(COC(=O)CCCCCCC/C=C\CCCCCC)COC(=O)CCCCCCCCCCCCCCCCCCCCCC/C=C\C/C=C\C/C=C\C/C=C\CC. The molecule has 6 nitrogen and oxygen atoms in total. The Hall–Kier alpha value is -4.45. The summed E-state index contributed by atoms with van der Waals surface area (Å²) in [4.78, 5) is 38.3. The fraction of sp³-hybridized carbons (Fsp3) is 0.675. The Morgan fingerprint density at radius 1 is 0.253 bits per heavy atom. The van der Waals surface area contributed by atoms with Crippen molar-refractivity contribution in [3.8, 4) is 0 Å². The highest BCUT2D eigenvalue weighted by molar-refractivity contribution is 5.71. The normalized spacial score (nSPS) is 13.0. The van der Waals surface area contributed by atoms with Crippen LogP contribution in [0.3, 0.4) is 0 Å². The lowest BCUT2D eigenvalue weighted by Crippen LogP contribution is -2.30. The third-order valence-electron chi connectivity index (χ3n) is 14.6. The maximum atomic E-state index is 12.9. The van der Waals surface area contributed by atoms with Gasteiger partial charge in [-0.05, 0) is 122 Å². The summed E-state index contributed by atoms with van der Waals surface area (Å²) in [5.74, 6) is -0.997. The Morgan fingerprint density at radius 3 is 0.795 bits per heavy atom. The van der Waals surface area contributed by atoms with E-state index in [1.165, 1.54) is 154 Å². The number of carbonyl (C=O) groups excluding carboxylic acids is 3. The average Bonchev–Trinajstić information content (AvgIpc) is 3.49. The number of hydrogen-bond acceptors (Lipinski definition) is 6. The number of hydrogen-bond donors (Lipinski definition) is 0. The van der Waals surface area contributed by atoms with E-state index < -0.39 is 12.1 Å². The Morgan fingerprint density at radius 2 is 0.494 bits per heavy atom. The lowest BCUT2D eigenvalue weighted by Gasteiger charge is -2.18. The predicted octanol–water partition coefficient (Wildman–Crippen LogP) is 24.1. The second kappa shape index (κ2) is 70.0. The first kappa shape index (κ1) is 78.5. The fourth-order valence-electron chi connectivity index (χ4n) is 9.52. The van der Waals surface area contributed by atoms with E-state index >= 15 is 0 Å². The molecule has 83 heavy (non-hydrogen) atoms. The minimum atomic E-state index is -0.825. The molecule has 0 N–H and O–H groups in total. The molecule has 0 radical (unpaired) electrons. The molecule has 0 spiro atoms. The third-order valence-corrected chi connectivity index (χ3v) is 14.6. The van der Waals surface area contributed by atoms with Crippen LogP contribution >= 0.6 is 0 Å². The van der Waals surface area contributed by atoms with Crippen molar-refractivity contribution in [1.29, 1.82) is 0 Å². The maximum absolute atomic E-state index is 12.9. The molecule has 0 saturated carbocycles. The van der Waals surface area contributed by atoms with Crippen molar-refractivity contribution in [1.82, 2.24) is 0 Å². The molecule has 0 heterocycles. The van der Waals surface area contributed by atoms with Gasteiger partial charge in [0.25, 0.3) is 0 Å². The average molecular weight is 1150 g/mol. The quantitative estimate of drug-likeness (QED) is 0.0261. The molecule has 0 saturated heterocycles. The first-order valence-electron chi connectivity index (χ1n) is 34.7. The van der Waals surface area contributed by atoms with Crippen molar-refractivity contribution in [2.75, 3.05) is 13.2 Å². The molecule has 0 bridgehead atoms. The number of unbranched alkanes of at least 4 members (excludes halogenated alkanes) is 29. The molecule has 0 aliphatic carbocycles. The second-order valence-electron chi connectivity index (χ2n) is 22.7. The summed E-state index contributed by atoms with van der Waals surface area (Å²) in [5, 5.41) is 0. The minimum absolute atomic E-state index is 0.111. The summed E-state index contributed by atoms with van der Waals surface area (Å²) in [6.07, 6.45) is 99.3. The van der Waals surface area contributed by atoms with Crippen LogP contribution in [-0.2, 0) is 28.6 Å². The summed E-state index contributed by atoms with van der Waals surface area (Å²) >= 11 is 0. The summed E-state index contributed by atoms with van der Waals surface area (Å²) < 4.78 is 16.9. The van der Waals surface area contributed by atoms with Gasteiger partial charge in [0.2, 0.25) is 0 Å². The van der Waals surface area contributed by atoms with Crippen molar-refractivity contribution in [3.05, 3.63) is 134 Å². The van der Waals surface area contributed by atoms with E-state index in [1.54, 1.807) is 0 Å². The first-order valence-corrected chi connectivity index (χ1v) is 34.7. The predicted molar refractivity (Wildman–Crippen MR) is 362 cm³/mol. The zero-order valence-corrected chi connectivity index (χ0v) is 54.2. The van der Waals surface area contributed by atoms with Crippen LogP contribution in [0.25, 0.3) is 0 Å². The van der Waals surface area contributed by atoms with Crippen LogP contribution < -0.4 is 0 Å². The van der Waals surface area contributed by atoms with Crippen LogP contribution in [0.5, 0.6) is 0 Å². The van der Waals surface area contributed by atoms with Gasteiger partial charge in [-0.15, -0.1) is 0 Å². The molecular weight excluding hydrogens is 1020 g/mol. The highest BCUT2D eigenvalue weighted by Crippen LogP contribution is 2.17. The van der Waals surface area contributed by atoms with E-state index in [0.29, 0.717) is 19.3 Å². The Balaban J connectivity index is 4.26. The van der Waals surface area contributed by atoms with Crippen molar-refractivity contribution in [3.63, 3.8) is 0 Å². The Labute approximate surface area is 513 Å². The zero-order valence-electron chi connectivity index (χ0n) is 54.2. The summed E-state index contributed by atoms with van der Waals surface area (Å²) in [5.41, 5.74) is 0. The first-order chi connectivity index (χ1) is 41.0. The molecule has 0 rings (SSSR count). The molecule has 0 fully saturated rings. The molecule has 0 amide bonds. The van der Waals surface area contributed by atoms with Gasteiger partial charge in [0.1, 0.15) is 13.2 Å². The van der Waals surface area contributed by atoms with Gasteiger partial charge in [-0.3, -0.25) is 14.4 Å². The molecule has 0 aliphatic rings. The Bertz CT molecular complexity index is 1750. The number of rotatable bonds is 62. The van der Waals surface area contributed by atoms with Crippen molar-refractivity contribution < 1.29 is 28.6 Å². The number of esters is 3. The van der Waals surface area contributed by atoms with Gasteiger partial charge in [0.05, 0.1) is 0 Å². The van der Waals surface area contributed by atoms with E-state index in [0.717, 1.165) is 116 Å². The molecule has 0 aromatic rings. The molecule has 6 heteroatoms. The van der Waals surface area contributed by atoms with E-state index in [9.17, 15) is 14.4 Å². The zero-order chi connectivity index (χ0) is 59.9. The van der Waals surface area contributed by atoms with E-state index in [-0.39, 0.29) is 31.6 Å². The van der Waals surface area contributed by atoms with Crippen LogP contribution in [-0.4, -0.2) is 37.2 Å². The van der Waals surface area contributed by atoms with Crippen LogP contribution in [0.2, 0.25) is 0 Å². The lowest BCUT2D eigenvalue weighted by molar-refractivity contribution is -0.166. The molecular formula is C77H128O6. The summed E-state index contributed by atoms with van der Waals surface area (Å²) in [6, 6.07) is 0. The highest BCUT2D eigenvalue weighted by atomic mass is 16.6. The van der Waals surface area contributed by atoms with Gasteiger partial charge in [0, 0.05) is 19.3 Å². The van der Waals surface area contributed by atoms with E-state index in [4.69, 9.17) is 14.2 Å². The third kappa shape index (κ3) is 68.2. The standard InChI is InChI=1S/C77H128O6/c1-4-7-10-13-16-19-22-25-27-29-31-32-33-34-35-36-37-38-39-40-41-42-43-44-46-47-49-52-55-58-61-64-67-70-76(79)82-73-74(72-81-75(78)69-66-63-60-57-54-51-24-21-18-15-12-9-6-3)83-77(80)71-68-65-62-59-56-53-50-48-45-30-28-26-23-20-17-14-11-8-5-2/h7-8,10-11,16-17,19-21,24-28,31-32,45,48,53,56,62,65,74H,4-6,9,12-15,18,22-23,29-30,33-44,46-47,49-52,54-55,57-61,63-64,66-73H2,1-3H3/b10-7-,11-8-,19-16-,20-17-,24-21-,27-25-,28-26-,32-31-,48-45-,56-53-,65-62-. The highest BCUT2D eigenvalue weighted by Gasteiger charge is 2.19. The number of carbonyl (C=O) groups is 3. The molecule has 472 valence electrons. The van der Waals surface area contributed by atoms with E-state index in [1.807, 2.05) is 6.08 Å². The second-order valence-corrected chi connectivity index (χ2v) is 22.7. The van der Waals surface area contributed by atoms with Crippen LogP contribution in [0, 0.1) is 0 Å². The molecule has 0 aromatic carbocycles. The largest absolute Gasteiger partial charge is 0.462 e. The van der Waals surface area contributed by atoms with Crippen molar-refractivity contribution >= 4 is 17.9 Å². The van der Waals surface area contributed by atoms with Crippen molar-refractivity contribution in [2.24, 2.45) is 0 Å². The topological polar surface area (TPSA) is 78.9 Å². The minimum Gasteiger partial charge on any atom is -0.462 e. The molecule has 1 atom stereocenters. The molecule has 0 aromatic heterocycles. The lowest BCUT2D eigenvalue weighted by atomic mass is 10.0. The van der Waals surface area contributed by atoms with Crippen LogP contribution in [0.4, 0.5) is 0 Å². The van der Waals surface area contributed by atoms with Gasteiger partial charge < -0.3 is 14.2 Å². The molecule has 1 unspecified atom stereocenters. The van der Waals surface area contributed by atoms with Crippen LogP contribution in [0.1, 0.15) is 316 Å².